The molecule has 0 aliphatic carbocycles. The maximum atomic E-state index is 10.9. The Labute approximate surface area is 118 Å². The summed E-state index contributed by atoms with van der Waals surface area (Å²) in [6.07, 6.45) is 0. The minimum absolute atomic E-state index is 0.0955. The van der Waals surface area contributed by atoms with Gasteiger partial charge >= 0.3 is 0 Å². The second kappa shape index (κ2) is 4.50. The Balaban J connectivity index is 2.23. The van der Waals surface area contributed by atoms with Crippen LogP contribution in [0.5, 0.6) is 0 Å². The average molecular weight is 289 g/mol. The van der Waals surface area contributed by atoms with Crippen molar-refractivity contribution < 1.29 is 4.92 Å². The van der Waals surface area contributed by atoms with E-state index in [4.69, 9.17) is 17.3 Å². The lowest BCUT2D eigenvalue weighted by Crippen LogP contribution is -1.90. The van der Waals surface area contributed by atoms with E-state index < -0.39 is 4.92 Å². The van der Waals surface area contributed by atoms with E-state index in [9.17, 15) is 10.1 Å². The fourth-order valence-electron chi connectivity index (χ4n) is 2.05. The average Bonchev–Trinajstić information content (AvgIpc) is 2.82. The van der Waals surface area contributed by atoms with E-state index in [1.807, 2.05) is 6.07 Å². The lowest BCUT2D eigenvalue weighted by atomic mass is 10.1. The summed E-state index contributed by atoms with van der Waals surface area (Å²) in [5.74, 6) is 0. The van der Waals surface area contributed by atoms with E-state index in [2.05, 4.69) is 10.2 Å². The van der Waals surface area contributed by atoms with Gasteiger partial charge in [-0.25, -0.2) is 0 Å². The number of nitrogens with two attached hydrogens (primary N) is 1. The van der Waals surface area contributed by atoms with Crippen molar-refractivity contribution in [3.63, 3.8) is 0 Å². The van der Waals surface area contributed by atoms with Crippen LogP contribution in [-0.4, -0.2) is 15.1 Å². The number of nitrogen functional groups attached to an aromatic ring is 1. The zero-order valence-electron chi connectivity index (χ0n) is 10.1. The molecular weight excluding hydrogens is 280 g/mol. The topological polar surface area (TPSA) is 97.8 Å². The van der Waals surface area contributed by atoms with Crippen molar-refractivity contribution in [2.24, 2.45) is 0 Å². The molecule has 0 radical (unpaired) electrons. The number of H-pyrrole nitrogens is 1. The third-order valence-corrected chi connectivity index (χ3v) is 3.32. The van der Waals surface area contributed by atoms with Gasteiger partial charge in [-0.15, -0.1) is 0 Å². The quantitative estimate of drug-likeness (QED) is 0.429. The van der Waals surface area contributed by atoms with E-state index in [0.717, 1.165) is 10.9 Å². The summed E-state index contributed by atoms with van der Waals surface area (Å²) in [5.41, 5.74) is 8.24. The third kappa shape index (κ3) is 1.96. The van der Waals surface area contributed by atoms with E-state index in [-0.39, 0.29) is 10.7 Å². The van der Waals surface area contributed by atoms with Crippen LogP contribution in [0.3, 0.4) is 0 Å². The molecule has 0 bridgehead atoms. The largest absolute Gasteiger partial charge is 0.399 e. The normalized spacial score (nSPS) is 10.8. The molecule has 0 unspecified atom stereocenters. The van der Waals surface area contributed by atoms with Crippen molar-refractivity contribution >= 4 is 33.9 Å². The molecule has 1 heterocycles. The number of hydrogen-bond donors (Lipinski definition) is 2. The zero-order valence-corrected chi connectivity index (χ0v) is 10.9. The number of aromatic nitrogens is 2. The highest BCUT2D eigenvalue weighted by Crippen LogP contribution is 2.33. The number of nitro benzene ring substituents is 1. The first kappa shape index (κ1) is 12.4. The summed E-state index contributed by atoms with van der Waals surface area (Å²) in [5, 5.41) is 18.9. The van der Waals surface area contributed by atoms with Gasteiger partial charge in [0.2, 0.25) is 0 Å². The van der Waals surface area contributed by atoms with Gasteiger partial charge in [0.25, 0.3) is 5.69 Å². The summed E-state index contributed by atoms with van der Waals surface area (Å²) in [4.78, 5) is 10.4. The van der Waals surface area contributed by atoms with Crippen molar-refractivity contribution in [2.45, 2.75) is 0 Å². The number of halogens is 1. The van der Waals surface area contributed by atoms with Crippen LogP contribution in [0.15, 0.2) is 36.4 Å². The number of fused-ring (bicyclic) bond motifs is 1. The number of rotatable bonds is 2. The van der Waals surface area contributed by atoms with Gasteiger partial charge in [0, 0.05) is 22.7 Å². The second-order valence-corrected chi connectivity index (χ2v) is 4.71. The van der Waals surface area contributed by atoms with Crippen molar-refractivity contribution in [3.8, 4) is 11.3 Å². The molecule has 3 N–H and O–H groups in total. The smallest absolute Gasteiger partial charge is 0.288 e. The van der Waals surface area contributed by atoms with E-state index in [0.29, 0.717) is 16.9 Å². The number of anilines is 1. The Kier molecular flexibility index (Phi) is 2.80. The Morgan fingerprint density at radius 3 is 2.80 bits per heavy atom. The van der Waals surface area contributed by atoms with Gasteiger partial charge in [0.15, 0.2) is 0 Å². The summed E-state index contributed by atoms with van der Waals surface area (Å²) >= 11 is 5.81. The first-order chi connectivity index (χ1) is 9.56. The predicted octanol–water partition coefficient (Wildman–Crippen LogP) is 3.37. The van der Waals surface area contributed by atoms with E-state index in [1.54, 1.807) is 18.2 Å². The van der Waals surface area contributed by atoms with E-state index >= 15 is 0 Å². The lowest BCUT2D eigenvalue weighted by Gasteiger charge is -2.00. The molecule has 7 heteroatoms. The highest BCUT2D eigenvalue weighted by Gasteiger charge is 2.16. The fraction of sp³-hybridized carbons (Fsp3) is 0. The molecule has 1 aromatic heterocycles. The zero-order chi connectivity index (χ0) is 14.3. The number of aromatic amines is 1. The Bertz CT molecular complexity index is 828. The molecule has 3 aromatic rings. The Morgan fingerprint density at radius 2 is 2.05 bits per heavy atom. The van der Waals surface area contributed by atoms with Gasteiger partial charge in [-0.2, -0.15) is 5.10 Å². The predicted molar refractivity (Wildman–Crippen MR) is 77.6 cm³/mol. The molecule has 0 saturated carbocycles. The second-order valence-electron chi connectivity index (χ2n) is 4.30. The van der Waals surface area contributed by atoms with Gasteiger partial charge in [-0.05, 0) is 24.3 Å². The maximum absolute atomic E-state index is 10.9. The van der Waals surface area contributed by atoms with Crippen LogP contribution in [0.2, 0.25) is 5.02 Å². The number of nitrogens with zero attached hydrogens (tertiary/aromatic N) is 2. The van der Waals surface area contributed by atoms with Crippen LogP contribution in [0, 0.1) is 10.1 Å². The Morgan fingerprint density at radius 1 is 1.25 bits per heavy atom. The highest BCUT2D eigenvalue weighted by atomic mass is 35.5. The van der Waals surface area contributed by atoms with Crippen LogP contribution in [0.1, 0.15) is 0 Å². The number of benzene rings is 2. The SMILES string of the molecule is Nc1ccc2[nH]nc(-c3ccc(Cl)c([N+](=O)[O-])c3)c2c1. The minimum atomic E-state index is -0.519. The molecule has 100 valence electrons. The van der Waals surface area contributed by atoms with Gasteiger partial charge < -0.3 is 5.73 Å². The van der Waals surface area contributed by atoms with E-state index in [1.165, 1.54) is 12.1 Å². The van der Waals surface area contributed by atoms with Crippen LogP contribution in [0.25, 0.3) is 22.2 Å². The van der Waals surface area contributed by atoms with Crippen LogP contribution in [0.4, 0.5) is 11.4 Å². The molecule has 0 atom stereocenters. The summed E-state index contributed by atoms with van der Waals surface area (Å²) in [6, 6.07) is 9.92. The number of nitrogens with one attached hydrogen (secondary N) is 1. The molecule has 20 heavy (non-hydrogen) atoms. The Hall–Kier alpha value is -2.60. The maximum Gasteiger partial charge on any atom is 0.288 e. The summed E-state index contributed by atoms with van der Waals surface area (Å²) < 4.78 is 0. The van der Waals surface area contributed by atoms with Crippen molar-refractivity contribution in [1.29, 1.82) is 0 Å². The molecule has 0 spiro atoms. The highest BCUT2D eigenvalue weighted by molar-refractivity contribution is 6.32. The number of nitro groups is 1. The summed E-state index contributed by atoms with van der Waals surface area (Å²) in [6.45, 7) is 0. The third-order valence-electron chi connectivity index (χ3n) is 3.00. The molecule has 6 nitrogen and oxygen atoms in total. The van der Waals surface area contributed by atoms with Crippen molar-refractivity contribution in [1.82, 2.24) is 10.2 Å². The van der Waals surface area contributed by atoms with Crippen LogP contribution >= 0.6 is 11.6 Å². The van der Waals surface area contributed by atoms with Gasteiger partial charge in [0.05, 0.1) is 10.4 Å². The van der Waals surface area contributed by atoms with Gasteiger partial charge in [-0.3, -0.25) is 15.2 Å². The molecule has 3 rings (SSSR count). The van der Waals surface area contributed by atoms with Crippen LogP contribution in [-0.2, 0) is 0 Å². The molecule has 0 saturated heterocycles. The van der Waals surface area contributed by atoms with Crippen molar-refractivity contribution in [2.75, 3.05) is 5.73 Å². The first-order valence-electron chi connectivity index (χ1n) is 5.74. The standard InChI is InChI=1S/C13H9ClN4O2/c14-10-3-1-7(5-12(10)18(19)20)13-9-6-8(15)2-4-11(9)16-17-13/h1-6H,15H2,(H,16,17). The molecule has 0 aliphatic rings. The number of hydrogen-bond acceptors (Lipinski definition) is 4. The molecule has 0 fully saturated rings. The van der Waals surface area contributed by atoms with Crippen molar-refractivity contribution in [3.05, 3.63) is 51.5 Å². The van der Waals surface area contributed by atoms with Crippen LogP contribution < -0.4 is 5.73 Å². The fourth-order valence-corrected chi connectivity index (χ4v) is 2.24. The molecule has 2 aromatic carbocycles. The van der Waals surface area contributed by atoms with Gasteiger partial charge in [-0.1, -0.05) is 17.7 Å². The summed E-state index contributed by atoms with van der Waals surface area (Å²) in [7, 11) is 0. The monoisotopic (exact) mass is 288 g/mol. The lowest BCUT2D eigenvalue weighted by molar-refractivity contribution is -0.384. The first-order valence-corrected chi connectivity index (χ1v) is 6.12. The molecular formula is C13H9ClN4O2. The molecule has 0 amide bonds. The van der Waals surface area contributed by atoms with Gasteiger partial charge in [0.1, 0.15) is 10.7 Å². The minimum Gasteiger partial charge on any atom is -0.399 e. The molecule has 0 aliphatic heterocycles.